The number of anilines is 1. The molecule has 1 saturated heterocycles. The van der Waals surface area contributed by atoms with Crippen molar-refractivity contribution in [2.75, 3.05) is 18.5 Å². The molecule has 6 heteroatoms. The van der Waals surface area contributed by atoms with Crippen molar-refractivity contribution >= 4 is 24.0 Å². The fraction of sp³-hybridized carbons (Fsp3) is 0.588. The van der Waals surface area contributed by atoms with Gasteiger partial charge in [-0.1, -0.05) is 6.07 Å². The van der Waals surface area contributed by atoms with Crippen LogP contribution in [0.1, 0.15) is 38.2 Å². The summed E-state index contributed by atoms with van der Waals surface area (Å²) in [6, 6.07) is 5.80. The first-order chi connectivity index (χ1) is 10.5. The molecule has 0 bridgehead atoms. The lowest BCUT2D eigenvalue weighted by Crippen LogP contribution is -2.20. The Morgan fingerprint density at radius 3 is 2.96 bits per heavy atom. The number of carbonyl (C=O) groups is 1. The van der Waals surface area contributed by atoms with Gasteiger partial charge in [0.05, 0.1) is 11.8 Å². The van der Waals surface area contributed by atoms with Crippen LogP contribution in [0.5, 0.6) is 5.75 Å². The van der Waals surface area contributed by atoms with Crippen LogP contribution in [0, 0.1) is 6.92 Å². The Hall–Kier alpha value is -1.30. The molecule has 1 aliphatic rings. The van der Waals surface area contributed by atoms with Crippen molar-refractivity contribution in [2.24, 2.45) is 5.73 Å². The number of nitrogens with one attached hydrogen (secondary N) is 1. The van der Waals surface area contributed by atoms with Crippen LogP contribution in [0.25, 0.3) is 0 Å². The number of carbonyl (C=O) groups excluding carboxylic acids is 1. The molecule has 2 atom stereocenters. The number of benzene rings is 1. The first-order valence-electron chi connectivity index (χ1n) is 7.95. The molecule has 1 aromatic rings. The smallest absolute Gasteiger partial charge is 0.224 e. The van der Waals surface area contributed by atoms with Crippen molar-refractivity contribution in [1.82, 2.24) is 0 Å². The number of hydrogen-bond donors (Lipinski definition) is 2. The molecule has 1 heterocycles. The third kappa shape index (κ3) is 6.77. The van der Waals surface area contributed by atoms with Crippen molar-refractivity contribution in [1.29, 1.82) is 0 Å². The molecule has 1 amide bonds. The summed E-state index contributed by atoms with van der Waals surface area (Å²) in [4.78, 5) is 12.0. The van der Waals surface area contributed by atoms with Crippen LogP contribution in [-0.4, -0.2) is 31.3 Å². The maximum atomic E-state index is 12.0. The highest BCUT2D eigenvalue weighted by Gasteiger charge is 2.17. The van der Waals surface area contributed by atoms with Gasteiger partial charge in [-0.05, 0) is 50.8 Å². The summed E-state index contributed by atoms with van der Waals surface area (Å²) in [7, 11) is 0. The lowest BCUT2D eigenvalue weighted by atomic mass is 10.1. The number of hydrogen-bond acceptors (Lipinski definition) is 4. The molecule has 1 aromatic carbocycles. The Kier molecular flexibility index (Phi) is 8.37. The van der Waals surface area contributed by atoms with Crippen molar-refractivity contribution in [2.45, 2.75) is 51.7 Å². The number of ether oxygens (including phenoxy) is 2. The summed E-state index contributed by atoms with van der Waals surface area (Å²) in [6.07, 6.45) is 3.35. The second kappa shape index (κ2) is 9.75. The summed E-state index contributed by atoms with van der Waals surface area (Å²) in [5.74, 6) is 0.660. The van der Waals surface area contributed by atoms with Gasteiger partial charge >= 0.3 is 0 Å². The quantitative estimate of drug-likeness (QED) is 0.798. The predicted octanol–water partition coefficient (Wildman–Crippen LogP) is 3.04. The van der Waals surface area contributed by atoms with Crippen molar-refractivity contribution < 1.29 is 14.3 Å². The predicted molar refractivity (Wildman–Crippen MR) is 94.4 cm³/mol. The van der Waals surface area contributed by atoms with E-state index in [2.05, 4.69) is 5.32 Å². The number of amides is 1. The lowest BCUT2D eigenvalue weighted by molar-refractivity contribution is -0.116. The monoisotopic (exact) mass is 342 g/mol. The minimum atomic E-state index is -0.0388. The zero-order chi connectivity index (χ0) is 15.9. The van der Waals surface area contributed by atoms with E-state index in [9.17, 15) is 4.79 Å². The van der Waals surface area contributed by atoms with Crippen molar-refractivity contribution in [3.05, 3.63) is 23.8 Å². The van der Waals surface area contributed by atoms with Crippen LogP contribution in [0.15, 0.2) is 18.2 Å². The van der Waals surface area contributed by atoms with Gasteiger partial charge in [0.1, 0.15) is 12.4 Å². The lowest BCUT2D eigenvalue weighted by Gasteiger charge is -2.16. The fourth-order valence-electron chi connectivity index (χ4n) is 2.38. The Bertz CT molecular complexity index is 503. The third-order valence-electron chi connectivity index (χ3n) is 3.69. The highest BCUT2D eigenvalue weighted by molar-refractivity contribution is 5.92. The summed E-state index contributed by atoms with van der Waals surface area (Å²) < 4.78 is 11.4. The molecule has 2 rings (SSSR count). The van der Waals surface area contributed by atoms with E-state index >= 15 is 0 Å². The molecular formula is C17H27ClN2O3. The van der Waals surface area contributed by atoms with Gasteiger partial charge in [0, 0.05) is 19.1 Å². The van der Waals surface area contributed by atoms with Gasteiger partial charge in [-0.25, -0.2) is 0 Å². The second-order valence-electron chi connectivity index (χ2n) is 6.01. The zero-order valence-electron chi connectivity index (χ0n) is 13.8. The Labute approximate surface area is 144 Å². The Morgan fingerprint density at radius 2 is 2.30 bits per heavy atom. The SMILES string of the molecule is Cc1ccc(NC(=O)CCC(C)N)c(OCC2CCCO2)c1.Cl. The molecule has 2 unspecified atom stereocenters. The van der Waals surface area contributed by atoms with Crippen LogP contribution >= 0.6 is 12.4 Å². The van der Waals surface area contributed by atoms with Crippen LogP contribution < -0.4 is 15.8 Å². The summed E-state index contributed by atoms with van der Waals surface area (Å²) in [5.41, 5.74) is 7.48. The molecule has 3 N–H and O–H groups in total. The third-order valence-corrected chi connectivity index (χ3v) is 3.69. The van der Waals surface area contributed by atoms with Crippen LogP contribution in [-0.2, 0) is 9.53 Å². The normalized spacial score (nSPS) is 18.1. The molecule has 1 aliphatic heterocycles. The van der Waals surface area contributed by atoms with Gasteiger partial charge in [0.2, 0.25) is 5.91 Å². The number of rotatable bonds is 7. The van der Waals surface area contributed by atoms with E-state index in [1.165, 1.54) is 0 Å². The average molecular weight is 343 g/mol. The Balaban J connectivity index is 0.00000264. The van der Waals surface area contributed by atoms with Gasteiger partial charge in [0.15, 0.2) is 0 Å². The summed E-state index contributed by atoms with van der Waals surface area (Å²) in [5, 5.41) is 2.91. The number of aryl methyl sites for hydroxylation is 1. The first kappa shape index (κ1) is 19.7. The van der Waals surface area contributed by atoms with Gasteiger partial charge in [-0.15, -0.1) is 12.4 Å². The van der Waals surface area contributed by atoms with Gasteiger partial charge in [-0.2, -0.15) is 0 Å². The molecule has 130 valence electrons. The van der Waals surface area contributed by atoms with Crippen molar-refractivity contribution in [3.8, 4) is 5.75 Å². The van der Waals surface area contributed by atoms with Gasteiger partial charge < -0.3 is 20.5 Å². The summed E-state index contributed by atoms with van der Waals surface area (Å²) in [6.45, 7) is 5.23. The zero-order valence-corrected chi connectivity index (χ0v) is 14.7. The Morgan fingerprint density at radius 1 is 1.52 bits per heavy atom. The topological polar surface area (TPSA) is 73.6 Å². The molecule has 0 spiro atoms. The molecule has 23 heavy (non-hydrogen) atoms. The van der Waals surface area contributed by atoms with Crippen molar-refractivity contribution in [3.63, 3.8) is 0 Å². The van der Waals surface area contributed by atoms with E-state index < -0.39 is 0 Å². The van der Waals surface area contributed by atoms with E-state index in [4.69, 9.17) is 15.2 Å². The van der Waals surface area contributed by atoms with E-state index in [0.29, 0.717) is 30.9 Å². The number of halogens is 1. The molecule has 0 radical (unpaired) electrons. The minimum Gasteiger partial charge on any atom is -0.489 e. The molecule has 0 aromatic heterocycles. The molecule has 0 aliphatic carbocycles. The van der Waals surface area contributed by atoms with E-state index in [0.717, 1.165) is 25.0 Å². The largest absolute Gasteiger partial charge is 0.489 e. The van der Waals surface area contributed by atoms with Gasteiger partial charge in [-0.3, -0.25) is 4.79 Å². The highest BCUT2D eigenvalue weighted by atomic mass is 35.5. The highest BCUT2D eigenvalue weighted by Crippen LogP contribution is 2.27. The van der Waals surface area contributed by atoms with Gasteiger partial charge in [0.25, 0.3) is 0 Å². The van der Waals surface area contributed by atoms with Crippen LogP contribution in [0.4, 0.5) is 5.69 Å². The fourth-order valence-corrected chi connectivity index (χ4v) is 2.38. The average Bonchev–Trinajstić information content (AvgIpc) is 2.98. The molecule has 0 saturated carbocycles. The summed E-state index contributed by atoms with van der Waals surface area (Å²) >= 11 is 0. The first-order valence-corrected chi connectivity index (χ1v) is 7.95. The molecular weight excluding hydrogens is 316 g/mol. The van der Waals surface area contributed by atoms with E-state index in [1.54, 1.807) is 0 Å². The van der Waals surface area contributed by atoms with E-state index in [1.807, 2.05) is 32.0 Å². The second-order valence-corrected chi connectivity index (χ2v) is 6.01. The van der Waals surface area contributed by atoms with E-state index in [-0.39, 0.29) is 30.5 Å². The molecule has 5 nitrogen and oxygen atoms in total. The maximum absolute atomic E-state index is 12.0. The maximum Gasteiger partial charge on any atom is 0.224 e. The van der Waals surface area contributed by atoms with Crippen LogP contribution in [0.2, 0.25) is 0 Å². The van der Waals surface area contributed by atoms with Crippen LogP contribution in [0.3, 0.4) is 0 Å². The molecule has 1 fully saturated rings. The minimum absolute atomic E-state index is 0. The standard InChI is InChI=1S/C17H26N2O3.ClH/c1-12-5-7-15(19-17(20)8-6-13(2)18)16(10-12)22-11-14-4-3-9-21-14;/h5,7,10,13-14H,3-4,6,8-9,11,18H2,1-2H3,(H,19,20);1H. The number of nitrogens with two attached hydrogens (primary N) is 1.